The van der Waals surface area contributed by atoms with Crippen molar-refractivity contribution < 1.29 is 0 Å². The summed E-state index contributed by atoms with van der Waals surface area (Å²) < 4.78 is 1.87. The zero-order valence-electron chi connectivity index (χ0n) is 8.53. The third kappa shape index (κ3) is 3.09. The summed E-state index contributed by atoms with van der Waals surface area (Å²) in [5, 5.41) is 12.6. The van der Waals surface area contributed by atoms with Gasteiger partial charge in [0.05, 0.1) is 17.5 Å². The van der Waals surface area contributed by atoms with Crippen LogP contribution in [0.2, 0.25) is 0 Å². The van der Waals surface area contributed by atoms with Crippen LogP contribution in [-0.2, 0) is 6.54 Å². The average molecular weight is 192 g/mol. The molecule has 0 bridgehead atoms. The molecule has 0 amide bonds. The number of rotatable bonds is 5. The van der Waals surface area contributed by atoms with Crippen molar-refractivity contribution in [2.24, 2.45) is 0 Å². The van der Waals surface area contributed by atoms with Gasteiger partial charge in [-0.25, -0.2) is 0 Å². The van der Waals surface area contributed by atoms with Gasteiger partial charge in [0.2, 0.25) is 0 Å². The van der Waals surface area contributed by atoms with Crippen molar-refractivity contribution in [2.75, 3.05) is 5.73 Å². The van der Waals surface area contributed by atoms with Crippen LogP contribution in [0, 0.1) is 18.3 Å². The zero-order valence-corrected chi connectivity index (χ0v) is 8.53. The van der Waals surface area contributed by atoms with E-state index in [9.17, 15) is 0 Å². The molecule has 1 aromatic rings. The molecular weight excluding hydrogens is 176 g/mol. The summed E-state index contributed by atoms with van der Waals surface area (Å²) in [6.45, 7) is 2.80. The SMILES string of the molecule is Cc1nn(CCCCCC#N)cc1N. The van der Waals surface area contributed by atoms with Crippen LogP contribution in [0.5, 0.6) is 0 Å². The minimum atomic E-state index is 0.653. The van der Waals surface area contributed by atoms with Crippen molar-refractivity contribution in [3.8, 4) is 6.07 Å². The monoisotopic (exact) mass is 192 g/mol. The lowest BCUT2D eigenvalue weighted by atomic mass is 10.2. The van der Waals surface area contributed by atoms with E-state index in [1.54, 1.807) is 0 Å². The van der Waals surface area contributed by atoms with Gasteiger partial charge in [-0.3, -0.25) is 4.68 Å². The lowest BCUT2D eigenvalue weighted by Gasteiger charge is -1.99. The fourth-order valence-electron chi connectivity index (χ4n) is 1.30. The molecule has 0 aliphatic rings. The summed E-state index contributed by atoms with van der Waals surface area (Å²) >= 11 is 0. The minimum absolute atomic E-state index is 0.653. The van der Waals surface area contributed by atoms with E-state index in [1.807, 2.05) is 17.8 Å². The number of aryl methyl sites for hydroxylation is 2. The Hall–Kier alpha value is -1.50. The first kappa shape index (κ1) is 10.6. The third-order valence-electron chi connectivity index (χ3n) is 2.16. The molecule has 4 heteroatoms. The Morgan fingerprint density at radius 3 is 2.86 bits per heavy atom. The second kappa shape index (κ2) is 5.28. The number of unbranched alkanes of at least 4 members (excludes halogenated alkanes) is 3. The maximum absolute atomic E-state index is 8.34. The minimum Gasteiger partial charge on any atom is -0.396 e. The van der Waals surface area contributed by atoms with Gasteiger partial charge in [-0.15, -0.1) is 0 Å². The van der Waals surface area contributed by atoms with E-state index in [-0.39, 0.29) is 0 Å². The lowest BCUT2D eigenvalue weighted by Crippen LogP contribution is -1.98. The second-order valence-electron chi connectivity index (χ2n) is 3.40. The Kier molecular flexibility index (Phi) is 3.99. The molecule has 1 aromatic heterocycles. The number of nitrogens with two attached hydrogens (primary N) is 1. The molecule has 0 aliphatic carbocycles. The number of nitrogen functional groups attached to an aromatic ring is 1. The van der Waals surface area contributed by atoms with Crippen LogP contribution in [0.3, 0.4) is 0 Å². The Balaban J connectivity index is 2.22. The van der Waals surface area contributed by atoms with Gasteiger partial charge in [0.25, 0.3) is 0 Å². The predicted octanol–water partition coefficient (Wildman–Crippen LogP) is 1.86. The van der Waals surface area contributed by atoms with Crippen molar-refractivity contribution in [3.05, 3.63) is 11.9 Å². The summed E-state index contributed by atoms with van der Waals surface area (Å²) in [7, 11) is 0. The normalized spacial score (nSPS) is 10.0. The van der Waals surface area contributed by atoms with Crippen LogP contribution < -0.4 is 5.73 Å². The van der Waals surface area contributed by atoms with Gasteiger partial charge in [-0.05, 0) is 19.8 Å². The number of nitriles is 1. The highest BCUT2D eigenvalue weighted by atomic mass is 15.3. The largest absolute Gasteiger partial charge is 0.396 e. The van der Waals surface area contributed by atoms with E-state index in [0.717, 1.165) is 37.2 Å². The summed E-state index contributed by atoms with van der Waals surface area (Å²) in [4.78, 5) is 0. The number of aromatic nitrogens is 2. The molecule has 0 saturated carbocycles. The molecule has 76 valence electrons. The van der Waals surface area contributed by atoms with E-state index in [2.05, 4.69) is 11.2 Å². The topological polar surface area (TPSA) is 67.6 Å². The fourth-order valence-corrected chi connectivity index (χ4v) is 1.30. The highest BCUT2D eigenvalue weighted by Crippen LogP contribution is 2.08. The summed E-state index contributed by atoms with van der Waals surface area (Å²) in [5.41, 5.74) is 7.31. The van der Waals surface area contributed by atoms with Crippen LogP contribution in [-0.4, -0.2) is 9.78 Å². The fraction of sp³-hybridized carbons (Fsp3) is 0.600. The van der Waals surface area contributed by atoms with Gasteiger partial charge in [-0.1, -0.05) is 6.42 Å². The average Bonchev–Trinajstić information content (AvgIpc) is 2.46. The lowest BCUT2D eigenvalue weighted by molar-refractivity contribution is 0.544. The summed E-state index contributed by atoms with van der Waals surface area (Å²) in [5.74, 6) is 0. The number of hydrogen-bond acceptors (Lipinski definition) is 3. The Labute approximate surface area is 84.3 Å². The van der Waals surface area contributed by atoms with Gasteiger partial charge in [0.15, 0.2) is 0 Å². The quantitative estimate of drug-likeness (QED) is 0.724. The maximum Gasteiger partial charge on any atom is 0.0822 e. The van der Waals surface area contributed by atoms with Crippen LogP contribution >= 0.6 is 0 Å². The van der Waals surface area contributed by atoms with Crippen LogP contribution in [0.4, 0.5) is 5.69 Å². The molecule has 0 radical (unpaired) electrons. The molecule has 4 nitrogen and oxygen atoms in total. The molecule has 1 heterocycles. The first-order valence-electron chi connectivity index (χ1n) is 4.90. The smallest absolute Gasteiger partial charge is 0.0822 e. The van der Waals surface area contributed by atoms with Gasteiger partial charge < -0.3 is 5.73 Å². The highest BCUT2D eigenvalue weighted by molar-refractivity contribution is 5.39. The number of anilines is 1. The number of hydrogen-bond donors (Lipinski definition) is 1. The number of nitrogens with zero attached hydrogens (tertiary/aromatic N) is 3. The molecule has 0 fully saturated rings. The van der Waals surface area contributed by atoms with Crippen LogP contribution in [0.25, 0.3) is 0 Å². The molecule has 0 atom stereocenters. The Morgan fingerprint density at radius 2 is 2.29 bits per heavy atom. The Morgan fingerprint density at radius 1 is 1.50 bits per heavy atom. The van der Waals surface area contributed by atoms with Crippen molar-refractivity contribution >= 4 is 5.69 Å². The van der Waals surface area contributed by atoms with E-state index in [0.29, 0.717) is 6.42 Å². The van der Waals surface area contributed by atoms with Crippen molar-refractivity contribution in [3.63, 3.8) is 0 Å². The second-order valence-corrected chi connectivity index (χ2v) is 3.40. The molecule has 0 saturated heterocycles. The summed E-state index contributed by atoms with van der Waals surface area (Å²) in [6, 6.07) is 2.14. The highest BCUT2D eigenvalue weighted by Gasteiger charge is 1.99. The predicted molar refractivity (Wildman–Crippen MR) is 55.5 cm³/mol. The molecule has 1 rings (SSSR count). The van der Waals surface area contributed by atoms with Gasteiger partial charge in [0, 0.05) is 19.2 Å². The van der Waals surface area contributed by atoms with E-state index >= 15 is 0 Å². The first-order chi connectivity index (χ1) is 6.74. The van der Waals surface area contributed by atoms with E-state index in [1.165, 1.54) is 0 Å². The standard InChI is InChI=1S/C10H16N4/c1-9-10(12)8-14(13-9)7-5-3-2-4-6-11/h8H,2-5,7,12H2,1H3. The van der Waals surface area contributed by atoms with Crippen molar-refractivity contribution in [2.45, 2.75) is 39.2 Å². The molecule has 0 aromatic carbocycles. The molecule has 2 N–H and O–H groups in total. The van der Waals surface area contributed by atoms with Gasteiger partial charge >= 0.3 is 0 Å². The van der Waals surface area contributed by atoms with Crippen molar-refractivity contribution in [1.82, 2.24) is 9.78 Å². The molecule has 0 spiro atoms. The molecule has 14 heavy (non-hydrogen) atoms. The van der Waals surface area contributed by atoms with E-state index < -0.39 is 0 Å². The van der Waals surface area contributed by atoms with Crippen molar-refractivity contribution in [1.29, 1.82) is 5.26 Å². The third-order valence-corrected chi connectivity index (χ3v) is 2.16. The van der Waals surface area contributed by atoms with Gasteiger partial charge in [0.1, 0.15) is 0 Å². The first-order valence-corrected chi connectivity index (χ1v) is 4.90. The van der Waals surface area contributed by atoms with Crippen LogP contribution in [0.15, 0.2) is 6.20 Å². The van der Waals surface area contributed by atoms with Gasteiger partial charge in [-0.2, -0.15) is 10.4 Å². The molecule has 0 aliphatic heterocycles. The maximum atomic E-state index is 8.34. The van der Waals surface area contributed by atoms with E-state index in [4.69, 9.17) is 11.0 Å². The van der Waals surface area contributed by atoms with Crippen LogP contribution in [0.1, 0.15) is 31.4 Å². The Bertz CT molecular complexity index is 302. The molecular formula is C10H16N4. The molecule has 0 unspecified atom stereocenters. The zero-order chi connectivity index (χ0) is 10.4. The summed E-state index contributed by atoms with van der Waals surface area (Å²) in [6.07, 6.45) is 5.63.